The Kier molecular flexibility index (Phi) is 4.89. The lowest BCUT2D eigenvalue weighted by Gasteiger charge is -2.18. The summed E-state index contributed by atoms with van der Waals surface area (Å²) in [6.45, 7) is 0. The fourth-order valence-corrected chi connectivity index (χ4v) is 2.43. The molecule has 0 unspecified atom stereocenters. The van der Waals surface area contributed by atoms with Crippen molar-refractivity contribution < 1.29 is 9.53 Å². The molecule has 0 amide bonds. The minimum atomic E-state index is 0.742. The van der Waals surface area contributed by atoms with Gasteiger partial charge in [-0.25, -0.2) is 0 Å². The van der Waals surface area contributed by atoms with Gasteiger partial charge in [0, 0.05) is 5.57 Å². The lowest BCUT2D eigenvalue weighted by molar-refractivity contribution is -0.105. The summed E-state index contributed by atoms with van der Waals surface area (Å²) in [5, 5.41) is 0. The highest BCUT2D eigenvalue weighted by Gasteiger charge is 2.18. The van der Waals surface area contributed by atoms with Crippen molar-refractivity contribution in [1.29, 1.82) is 0 Å². The molecule has 14 heavy (non-hydrogen) atoms. The summed E-state index contributed by atoms with van der Waals surface area (Å²) in [5.41, 5.74) is 1.89. The van der Waals surface area contributed by atoms with Gasteiger partial charge in [-0.2, -0.15) is 0 Å². The number of rotatable bonds is 3. The molecule has 0 aromatic heterocycles. The first kappa shape index (κ1) is 12.0. The van der Waals surface area contributed by atoms with Gasteiger partial charge in [0.25, 0.3) is 0 Å². The summed E-state index contributed by atoms with van der Waals surface area (Å²) in [4.78, 5) is 10.8. The zero-order chi connectivity index (χ0) is 10.6. The molecule has 1 aliphatic carbocycles. The van der Waals surface area contributed by atoms with Crippen molar-refractivity contribution in [3.05, 3.63) is 20.3 Å². The normalized spacial score (nSPS) is 16.5. The van der Waals surface area contributed by atoms with Crippen LogP contribution in [0.15, 0.2) is 20.3 Å². The third-order valence-corrected chi connectivity index (χ3v) is 3.02. The van der Waals surface area contributed by atoms with E-state index in [1.54, 1.807) is 7.11 Å². The van der Waals surface area contributed by atoms with E-state index in [4.69, 9.17) is 4.74 Å². The average Bonchev–Trinajstić information content (AvgIpc) is 2.19. The Labute approximate surface area is 101 Å². The Balaban J connectivity index is 3.09. The first-order chi connectivity index (χ1) is 6.70. The summed E-state index contributed by atoms with van der Waals surface area (Å²) >= 11 is 6.63. The van der Waals surface area contributed by atoms with Gasteiger partial charge in [-0.05, 0) is 63.1 Å². The van der Waals surface area contributed by atoms with Crippen LogP contribution in [0.4, 0.5) is 0 Å². The van der Waals surface area contributed by atoms with Crippen LogP contribution in [-0.2, 0) is 9.53 Å². The zero-order valence-electron chi connectivity index (χ0n) is 7.98. The molecule has 0 saturated carbocycles. The number of ether oxygens (including phenoxy) is 1. The van der Waals surface area contributed by atoms with Crippen LogP contribution in [-0.4, -0.2) is 13.4 Å². The molecule has 0 radical (unpaired) electrons. The van der Waals surface area contributed by atoms with E-state index in [-0.39, 0.29) is 0 Å². The second kappa shape index (κ2) is 5.71. The van der Waals surface area contributed by atoms with E-state index in [0.717, 1.165) is 52.3 Å². The van der Waals surface area contributed by atoms with Crippen LogP contribution in [0.3, 0.4) is 0 Å². The van der Waals surface area contributed by atoms with Crippen molar-refractivity contribution in [3.63, 3.8) is 0 Å². The van der Waals surface area contributed by atoms with Crippen molar-refractivity contribution in [3.8, 4) is 0 Å². The molecular formula is C10H12Br2O2. The van der Waals surface area contributed by atoms with Crippen molar-refractivity contribution in [2.45, 2.75) is 25.7 Å². The third kappa shape index (κ3) is 2.70. The van der Waals surface area contributed by atoms with Crippen molar-refractivity contribution in [2.75, 3.05) is 7.11 Å². The number of carbonyl (C=O) groups is 1. The molecule has 0 heterocycles. The Morgan fingerprint density at radius 2 is 2.00 bits per heavy atom. The third-order valence-electron chi connectivity index (χ3n) is 2.30. The fraction of sp³-hybridized carbons (Fsp3) is 0.500. The summed E-state index contributed by atoms with van der Waals surface area (Å²) < 4.78 is 6.02. The van der Waals surface area contributed by atoms with Crippen LogP contribution >= 0.6 is 31.9 Å². The lowest BCUT2D eigenvalue weighted by Crippen LogP contribution is -2.05. The van der Waals surface area contributed by atoms with E-state index >= 15 is 0 Å². The predicted octanol–water partition coefficient (Wildman–Crippen LogP) is 3.66. The number of hydrogen-bond acceptors (Lipinski definition) is 2. The van der Waals surface area contributed by atoms with Crippen molar-refractivity contribution in [2.24, 2.45) is 0 Å². The predicted molar refractivity (Wildman–Crippen MR) is 63.4 cm³/mol. The molecule has 0 atom stereocenters. The molecule has 0 bridgehead atoms. The van der Waals surface area contributed by atoms with Gasteiger partial charge in [0.05, 0.1) is 7.11 Å². The molecule has 78 valence electrons. The van der Waals surface area contributed by atoms with E-state index in [1.807, 2.05) is 0 Å². The van der Waals surface area contributed by atoms with Gasteiger partial charge in [-0.15, -0.1) is 0 Å². The Morgan fingerprint density at radius 3 is 2.50 bits per heavy atom. The van der Waals surface area contributed by atoms with Crippen molar-refractivity contribution >= 4 is 38.1 Å². The maximum absolute atomic E-state index is 10.8. The van der Waals surface area contributed by atoms with Crippen LogP contribution in [0.25, 0.3) is 0 Å². The summed E-state index contributed by atoms with van der Waals surface area (Å²) in [6.07, 6.45) is 4.93. The smallest absolute Gasteiger partial charge is 0.146 e. The Bertz CT molecular complexity index is 286. The molecule has 0 saturated heterocycles. The summed E-state index contributed by atoms with van der Waals surface area (Å²) in [6, 6.07) is 0. The van der Waals surface area contributed by atoms with Crippen LogP contribution in [0.5, 0.6) is 0 Å². The molecule has 0 aliphatic heterocycles. The standard InChI is InChI=1S/C10H12Br2O2/c1-14-9(10(11)12)8-5-3-2-4-7(8)6-13/h6H,2-5H2,1H3. The van der Waals surface area contributed by atoms with Crippen LogP contribution in [0, 0.1) is 0 Å². The van der Waals surface area contributed by atoms with Gasteiger partial charge < -0.3 is 4.74 Å². The quantitative estimate of drug-likeness (QED) is 0.585. The largest absolute Gasteiger partial charge is 0.495 e. The zero-order valence-corrected chi connectivity index (χ0v) is 11.2. The number of hydrogen-bond donors (Lipinski definition) is 0. The molecule has 0 fully saturated rings. The highest BCUT2D eigenvalue weighted by atomic mass is 79.9. The Hall–Kier alpha value is -0.0900. The first-order valence-corrected chi connectivity index (χ1v) is 6.06. The second-order valence-electron chi connectivity index (χ2n) is 3.12. The molecular weight excluding hydrogens is 312 g/mol. The van der Waals surface area contributed by atoms with Crippen LogP contribution in [0.1, 0.15) is 25.7 Å². The molecule has 0 aromatic carbocycles. The molecule has 2 nitrogen and oxygen atoms in total. The molecule has 1 aliphatic rings. The molecule has 0 N–H and O–H groups in total. The molecule has 1 rings (SSSR count). The van der Waals surface area contributed by atoms with E-state index in [1.165, 1.54) is 0 Å². The van der Waals surface area contributed by atoms with Crippen LogP contribution < -0.4 is 0 Å². The molecule has 0 aromatic rings. The van der Waals surface area contributed by atoms with E-state index in [9.17, 15) is 4.79 Å². The summed E-state index contributed by atoms with van der Waals surface area (Å²) in [7, 11) is 1.61. The minimum absolute atomic E-state index is 0.742. The maximum atomic E-state index is 10.8. The average molecular weight is 324 g/mol. The monoisotopic (exact) mass is 322 g/mol. The van der Waals surface area contributed by atoms with Crippen LogP contribution in [0.2, 0.25) is 0 Å². The van der Waals surface area contributed by atoms with Gasteiger partial charge in [0.2, 0.25) is 0 Å². The number of methoxy groups -OCH3 is 1. The molecule has 4 heteroatoms. The van der Waals surface area contributed by atoms with Gasteiger partial charge in [0.15, 0.2) is 0 Å². The lowest BCUT2D eigenvalue weighted by atomic mass is 9.91. The fourth-order valence-electron chi connectivity index (χ4n) is 1.63. The van der Waals surface area contributed by atoms with Crippen molar-refractivity contribution in [1.82, 2.24) is 0 Å². The molecule has 0 spiro atoms. The number of halogens is 2. The number of aldehydes is 1. The topological polar surface area (TPSA) is 26.3 Å². The van der Waals surface area contributed by atoms with E-state index in [0.29, 0.717) is 0 Å². The van der Waals surface area contributed by atoms with Gasteiger partial charge in [0.1, 0.15) is 15.4 Å². The highest BCUT2D eigenvalue weighted by molar-refractivity contribution is 9.28. The second-order valence-corrected chi connectivity index (χ2v) is 5.77. The van der Waals surface area contributed by atoms with Gasteiger partial charge in [-0.1, -0.05) is 0 Å². The maximum Gasteiger partial charge on any atom is 0.146 e. The number of carbonyl (C=O) groups excluding carboxylic acids is 1. The van der Waals surface area contributed by atoms with Gasteiger partial charge >= 0.3 is 0 Å². The summed E-state index contributed by atoms with van der Waals surface area (Å²) in [5.74, 6) is 0.742. The highest BCUT2D eigenvalue weighted by Crippen LogP contribution is 2.34. The first-order valence-electron chi connectivity index (χ1n) is 4.47. The number of allylic oxidation sites excluding steroid dienone is 2. The Morgan fingerprint density at radius 1 is 1.36 bits per heavy atom. The SMILES string of the molecule is COC(=C(Br)Br)C1=C(C=O)CCCC1. The van der Waals surface area contributed by atoms with E-state index in [2.05, 4.69) is 31.9 Å². The van der Waals surface area contributed by atoms with Gasteiger partial charge in [-0.3, -0.25) is 4.79 Å². The minimum Gasteiger partial charge on any atom is -0.495 e. The van der Waals surface area contributed by atoms with E-state index < -0.39 is 0 Å².